The van der Waals surface area contributed by atoms with Gasteiger partial charge < -0.3 is 4.90 Å². The molecule has 138 valence electrons. The van der Waals surface area contributed by atoms with E-state index in [1.54, 1.807) is 24.3 Å². The fourth-order valence-electron chi connectivity index (χ4n) is 3.97. The molecule has 1 aromatic rings. The topological polar surface area (TPSA) is 66.5 Å². The average molecular weight is 365 g/mol. The molecule has 2 fully saturated rings. The average Bonchev–Trinajstić information content (AvgIpc) is 3.13. The van der Waals surface area contributed by atoms with Crippen molar-refractivity contribution >= 4 is 15.9 Å². The molecule has 0 bridgehead atoms. The number of carbonyl (C=O) groups is 1. The minimum Gasteiger partial charge on any atom is -0.336 e. The zero-order valence-electron chi connectivity index (χ0n) is 14.9. The minimum atomic E-state index is -3.50. The molecular formula is C19H28N2O3S. The molecule has 2 aliphatic rings. The molecule has 6 heteroatoms. The Bertz CT molecular complexity index is 694. The minimum absolute atomic E-state index is 0.0132. The molecule has 1 N–H and O–H groups in total. The second kappa shape index (κ2) is 7.87. The van der Waals surface area contributed by atoms with Gasteiger partial charge in [0.25, 0.3) is 5.91 Å². The lowest BCUT2D eigenvalue weighted by molar-refractivity contribution is 0.0608. The summed E-state index contributed by atoms with van der Waals surface area (Å²) in [6, 6.07) is 6.74. The van der Waals surface area contributed by atoms with E-state index in [0.29, 0.717) is 11.6 Å². The Labute approximate surface area is 150 Å². The van der Waals surface area contributed by atoms with Gasteiger partial charge in [-0.05, 0) is 62.8 Å². The van der Waals surface area contributed by atoms with Crippen LogP contribution in [0.2, 0.25) is 0 Å². The molecule has 1 aliphatic carbocycles. The van der Waals surface area contributed by atoms with Crippen molar-refractivity contribution in [2.75, 3.05) is 6.54 Å². The monoisotopic (exact) mass is 364 g/mol. The van der Waals surface area contributed by atoms with Crippen LogP contribution in [-0.4, -0.2) is 37.9 Å². The van der Waals surface area contributed by atoms with E-state index in [-0.39, 0.29) is 16.8 Å². The summed E-state index contributed by atoms with van der Waals surface area (Å²) in [7, 11) is -3.50. The molecule has 1 aliphatic heterocycles. The molecule has 1 aromatic carbocycles. The van der Waals surface area contributed by atoms with Crippen LogP contribution in [0.5, 0.6) is 0 Å². The molecular weight excluding hydrogens is 336 g/mol. The summed E-state index contributed by atoms with van der Waals surface area (Å²) in [6.45, 7) is 2.90. The number of likely N-dealkylation sites (tertiary alicyclic amines) is 1. The Morgan fingerprint density at radius 3 is 2.36 bits per heavy atom. The lowest BCUT2D eigenvalue weighted by Gasteiger charge is -2.35. The first kappa shape index (κ1) is 18.4. The second-order valence-corrected chi connectivity index (χ2v) is 8.90. The SMILES string of the molecule is CCC1CCCCN1C(=O)c1ccc(S(=O)(=O)NC2CCCC2)cc1. The third-order valence-electron chi connectivity index (χ3n) is 5.45. The van der Waals surface area contributed by atoms with Crippen molar-refractivity contribution in [3.63, 3.8) is 0 Å². The van der Waals surface area contributed by atoms with Gasteiger partial charge in [-0.3, -0.25) is 4.79 Å². The van der Waals surface area contributed by atoms with Crippen LogP contribution in [0.3, 0.4) is 0 Å². The number of nitrogens with zero attached hydrogens (tertiary/aromatic N) is 1. The number of hydrogen-bond acceptors (Lipinski definition) is 3. The number of hydrogen-bond donors (Lipinski definition) is 1. The van der Waals surface area contributed by atoms with Gasteiger partial charge >= 0.3 is 0 Å². The van der Waals surface area contributed by atoms with Gasteiger partial charge in [0.15, 0.2) is 0 Å². The fraction of sp³-hybridized carbons (Fsp3) is 0.632. The Kier molecular flexibility index (Phi) is 5.79. The predicted molar refractivity (Wildman–Crippen MR) is 98.0 cm³/mol. The van der Waals surface area contributed by atoms with Crippen molar-refractivity contribution in [2.24, 2.45) is 0 Å². The van der Waals surface area contributed by atoms with Gasteiger partial charge in [0, 0.05) is 24.2 Å². The normalized spacial score (nSPS) is 22.3. The number of piperidine rings is 1. The number of carbonyl (C=O) groups excluding carboxylic acids is 1. The summed E-state index contributed by atoms with van der Waals surface area (Å²) in [4.78, 5) is 15.0. The Balaban J connectivity index is 1.71. The first-order valence-electron chi connectivity index (χ1n) is 9.44. The molecule has 25 heavy (non-hydrogen) atoms. The fourth-order valence-corrected chi connectivity index (χ4v) is 5.27. The largest absolute Gasteiger partial charge is 0.336 e. The molecule has 1 saturated carbocycles. The number of sulfonamides is 1. The van der Waals surface area contributed by atoms with Crippen molar-refractivity contribution in [3.8, 4) is 0 Å². The highest BCUT2D eigenvalue weighted by atomic mass is 32.2. The van der Waals surface area contributed by atoms with E-state index in [9.17, 15) is 13.2 Å². The molecule has 1 atom stereocenters. The summed E-state index contributed by atoms with van der Waals surface area (Å²) in [5.41, 5.74) is 0.570. The lowest BCUT2D eigenvalue weighted by Crippen LogP contribution is -2.43. The highest BCUT2D eigenvalue weighted by Crippen LogP contribution is 2.23. The van der Waals surface area contributed by atoms with Crippen LogP contribution in [0.25, 0.3) is 0 Å². The molecule has 1 unspecified atom stereocenters. The van der Waals surface area contributed by atoms with Crippen LogP contribution in [-0.2, 0) is 10.0 Å². The number of benzene rings is 1. The van der Waals surface area contributed by atoms with E-state index < -0.39 is 10.0 Å². The van der Waals surface area contributed by atoms with Crippen molar-refractivity contribution in [2.45, 2.75) is 75.3 Å². The maximum absolute atomic E-state index is 12.8. The quantitative estimate of drug-likeness (QED) is 0.872. The second-order valence-electron chi connectivity index (χ2n) is 7.18. The molecule has 0 radical (unpaired) electrons. The number of rotatable bonds is 5. The summed E-state index contributed by atoms with van der Waals surface area (Å²) in [5, 5.41) is 0. The van der Waals surface area contributed by atoms with Gasteiger partial charge in [-0.2, -0.15) is 0 Å². The molecule has 1 amide bonds. The van der Waals surface area contributed by atoms with Crippen LogP contribution in [0.15, 0.2) is 29.2 Å². The standard InChI is InChI=1S/C19H28N2O3S/c1-2-17-9-5-6-14-21(17)19(22)15-10-12-18(13-11-15)25(23,24)20-16-7-3-4-8-16/h10-13,16-17,20H,2-9,14H2,1H3. The van der Waals surface area contributed by atoms with E-state index in [4.69, 9.17) is 0 Å². The summed E-state index contributed by atoms with van der Waals surface area (Å²) in [5.74, 6) is 0.0132. The molecule has 5 nitrogen and oxygen atoms in total. The zero-order valence-corrected chi connectivity index (χ0v) is 15.7. The van der Waals surface area contributed by atoms with E-state index in [2.05, 4.69) is 11.6 Å². The summed E-state index contributed by atoms with van der Waals surface area (Å²) in [6.07, 6.45) is 8.20. The number of nitrogens with one attached hydrogen (secondary N) is 1. The molecule has 1 heterocycles. The molecule has 0 spiro atoms. The van der Waals surface area contributed by atoms with Crippen molar-refractivity contribution in [1.82, 2.24) is 9.62 Å². The third-order valence-corrected chi connectivity index (χ3v) is 6.98. The van der Waals surface area contributed by atoms with Gasteiger partial charge in [-0.25, -0.2) is 13.1 Å². The number of amides is 1. The van der Waals surface area contributed by atoms with E-state index >= 15 is 0 Å². The molecule has 3 rings (SSSR count). The summed E-state index contributed by atoms with van der Waals surface area (Å²) < 4.78 is 27.7. The van der Waals surface area contributed by atoms with Crippen molar-refractivity contribution in [1.29, 1.82) is 0 Å². The van der Waals surface area contributed by atoms with Crippen molar-refractivity contribution < 1.29 is 13.2 Å². The maximum Gasteiger partial charge on any atom is 0.254 e. The van der Waals surface area contributed by atoms with Crippen molar-refractivity contribution in [3.05, 3.63) is 29.8 Å². The van der Waals surface area contributed by atoms with E-state index in [1.165, 1.54) is 6.42 Å². The Hall–Kier alpha value is -1.40. The highest BCUT2D eigenvalue weighted by molar-refractivity contribution is 7.89. The summed E-state index contributed by atoms with van der Waals surface area (Å²) >= 11 is 0. The van der Waals surface area contributed by atoms with Gasteiger partial charge in [0.2, 0.25) is 10.0 Å². The molecule has 1 saturated heterocycles. The van der Waals surface area contributed by atoms with E-state index in [1.807, 2.05) is 4.90 Å². The Morgan fingerprint density at radius 1 is 1.08 bits per heavy atom. The van der Waals surface area contributed by atoms with Crippen LogP contribution in [0.4, 0.5) is 0 Å². The molecule has 0 aromatic heterocycles. The van der Waals surface area contributed by atoms with Crippen LogP contribution >= 0.6 is 0 Å². The van der Waals surface area contributed by atoms with Gasteiger partial charge in [0.1, 0.15) is 0 Å². The smallest absolute Gasteiger partial charge is 0.254 e. The van der Waals surface area contributed by atoms with Crippen LogP contribution in [0.1, 0.15) is 68.6 Å². The van der Waals surface area contributed by atoms with E-state index in [0.717, 1.165) is 51.5 Å². The highest BCUT2D eigenvalue weighted by Gasteiger charge is 2.27. The first-order chi connectivity index (χ1) is 12.0. The zero-order chi connectivity index (χ0) is 17.9. The van der Waals surface area contributed by atoms with Gasteiger partial charge in [0.05, 0.1) is 4.90 Å². The van der Waals surface area contributed by atoms with Crippen LogP contribution < -0.4 is 4.72 Å². The third kappa shape index (κ3) is 4.23. The Morgan fingerprint density at radius 2 is 1.72 bits per heavy atom. The first-order valence-corrected chi connectivity index (χ1v) is 10.9. The maximum atomic E-state index is 12.8. The lowest BCUT2D eigenvalue weighted by atomic mass is 9.99. The van der Waals surface area contributed by atoms with Crippen LogP contribution in [0, 0.1) is 0 Å². The van der Waals surface area contributed by atoms with Gasteiger partial charge in [-0.15, -0.1) is 0 Å². The van der Waals surface area contributed by atoms with Gasteiger partial charge in [-0.1, -0.05) is 19.8 Å². The predicted octanol–water partition coefficient (Wildman–Crippen LogP) is 3.31.